The SMILES string of the molecule is CC(C)Cc1cc(-c2[c-]cccc2)ncc1[Si](C)(C)C.[2H]C([2H])([2H])c1cnc(-c2[c-]ccc3c2sc2ccc(F)cc23)cc1-c1ccccc1.[Ir]. The van der Waals surface area contributed by atoms with E-state index in [0.29, 0.717) is 17.2 Å². The number of halogens is 1. The summed E-state index contributed by atoms with van der Waals surface area (Å²) in [5.74, 6) is 0.392. The van der Waals surface area contributed by atoms with Crippen molar-refractivity contribution in [3.8, 4) is 33.6 Å². The largest absolute Gasteiger partial charge is 0.305 e. The van der Waals surface area contributed by atoms with Crippen molar-refractivity contribution in [3.05, 3.63) is 139 Å². The summed E-state index contributed by atoms with van der Waals surface area (Å²) in [7, 11) is -1.34. The molecule has 0 saturated carbocycles. The number of nitrogens with zero attached hydrogens (tertiary/aromatic N) is 2. The Morgan fingerprint density at radius 2 is 1.60 bits per heavy atom. The molecule has 0 bridgehead atoms. The summed E-state index contributed by atoms with van der Waals surface area (Å²) in [5, 5.41) is 3.28. The summed E-state index contributed by atoms with van der Waals surface area (Å²) >= 11 is 1.55. The first kappa shape index (κ1) is 31.5. The van der Waals surface area contributed by atoms with Crippen LogP contribution in [0.5, 0.6) is 0 Å². The third-order valence-electron chi connectivity index (χ3n) is 8.05. The molecule has 0 spiro atoms. The van der Waals surface area contributed by atoms with Gasteiger partial charge in [-0.25, -0.2) is 4.39 Å². The molecular formula is C42H39FIrN2SSi-2. The van der Waals surface area contributed by atoms with Crippen LogP contribution >= 0.6 is 11.3 Å². The normalized spacial score (nSPS) is 12.5. The van der Waals surface area contributed by atoms with Gasteiger partial charge in [0.1, 0.15) is 5.82 Å². The molecule has 0 N–H and O–H groups in total. The molecule has 0 aliphatic heterocycles. The van der Waals surface area contributed by atoms with E-state index in [0.717, 1.165) is 49.0 Å². The van der Waals surface area contributed by atoms with E-state index < -0.39 is 14.9 Å². The zero-order chi connectivity index (χ0) is 35.6. The van der Waals surface area contributed by atoms with Crippen molar-refractivity contribution >= 4 is 44.8 Å². The predicted octanol–water partition coefficient (Wildman–Crippen LogP) is 11.3. The molecule has 0 fully saturated rings. The Hall–Kier alpha value is -3.80. The van der Waals surface area contributed by atoms with Crippen molar-refractivity contribution in [2.45, 2.75) is 46.8 Å². The predicted molar refractivity (Wildman–Crippen MR) is 202 cm³/mol. The second kappa shape index (κ2) is 15.2. The summed E-state index contributed by atoms with van der Waals surface area (Å²) in [6.45, 7) is 9.46. The second-order valence-electron chi connectivity index (χ2n) is 13.2. The third-order valence-corrected chi connectivity index (χ3v) is 11.3. The molecule has 2 nitrogen and oxygen atoms in total. The minimum atomic E-state index is -2.28. The molecule has 4 aromatic carbocycles. The number of fused-ring (bicyclic) bond motifs is 3. The Morgan fingerprint density at radius 3 is 2.31 bits per heavy atom. The third kappa shape index (κ3) is 7.90. The van der Waals surface area contributed by atoms with Gasteiger partial charge in [-0.2, -0.15) is 11.3 Å². The smallest absolute Gasteiger partial charge is 0.123 e. The summed E-state index contributed by atoms with van der Waals surface area (Å²) in [5.41, 5.74) is 6.67. The van der Waals surface area contributed by atoms with Gasteiger partial charge in [0.25, 0.3) is 0 Å². The van der Waals surface area contributed by atoms with Gasteiger partial charge in [0.05, 0.1) is 8.07 Å². The van der Waals surface area contributed by atoms with E-state index in [1.54, 1.807) is 29.5 Å². The molecule has 0 saturated heterocycles. The number of aryl methyl sites for hydroxylation is 1. The quantitative estimate of drug-likeness (QED) is 0.123. The van der Waals surface area contributed by atoms with E-state index in [1.807, 2.05) is 60.7 Å². The fourth-order valence-corrected chi connectivity index (χ4v) is 8.61. The van der Waals surface area contributed by atoms with Crippen molar-refractivity contribution in [2.75, 3.05) is 0 Å². The molecule has 0 unspecified atom stereocenters. The summed E-state index contributed by atoms with van der Waals surface area (Å²) in [6, 6.07) is 36.6. The van der Waals surface area contributed by atoms with E-state index in [1.165, 1.54) is 23.0 Å². The molecule has 3 heterocycles. The Morgan fingerprint density at radius 1 is 0.833 bits per heavy atom. The van der Waals surface area contributed by atoms with E-state index >= 15 is 0 Å². The molecule has 245 valence electrons. The van der Waals surface area contributed by atoms with Crippen LogP contribution in [0.3, 0.4) is 0 Å². The molecule has 7 aromatic rings. The second-order valence-corrected chi connectivity index (χ2v) is 19.3. The molecule has 3 aromatic heterocycles. The van der Waals surface area contributed by atoms with Crippen LogP contribution < -0.4 is 5.19 Å². The van der Waals surface area contributed by atoms with Gasteiger partial charge in [0.2, 0.25) is 0 Å². The molecule has 0 amide bonds. The monoisotopic (exact) mass is 846 g/mol. The van der Waals surface area contributed by atoms with Crippen LogP contribution in [0.15, 0.2) is 109 Å². The summed E-state index contributed by atoms with van der Waals surface area (Å²) in [6.07, 6.45) is 4.67. The first-order valence-corrected chi connectivity index (χ1v) is 20.2. The molecule has 0 aliphatic carbocycles. The van der Waals surface area contributed by atoms with Crippen LogP contribution in [0.25, 0.3) is 53.8 Å². The van der Waals surface area contributed by atoms with Crippen molar-refractivity contribution in [3.63, 3.8) is 0 Å². The van der Waals surface area contributed by atoms with Crippen LogP contribution in [0.1, 0.15) is 29.1 Å². The van der Waals surface area contributed by atoms with E-state index in [-0.39, 0.29) is 31.5 Å². The molecule has 48 heavy (non-hydrogen) atoms. The Labute approximate surface area is 306 Å². The van der Waals surface area contributed by atoms with E-state index in [4.69, 9.17) is 4.11 Å². The van der Waals surface area contributed by atoms with Crippen LogP contribution in [-0.2, 0) is 26.5 Å². The minimum Gasteiger partial charge on any atom is -0.305 e. The summed E-state index contributed by atoms with van der Waals surface area (Å²) < 4.78 is 39.5. The molecular weight excluding hydrogens is 804 g/mol. The molecule has 1 radical (unpaired) electrons. The first-order chi connectivity index (χ1) is 23.8. The fraction of sp³-hybridized carbons (Fsp3) is 0.190. The van der Waals surface area contributed by atoms with Gasteiger partial charge in [-0.3, -0.25) is 0 Å². The van der Waals surface area contributed by atoms with Gasteiger partial charge in [-0.1, -0.05) is 86.9 Å². The Balaban J connectivity index is 0.000000211. The number of benzene rings is 4. The van der Waals surface area contributed by atoms with Gasteiger partial charge in [0, 0.05) is 41.3 Å². The van der Waals surface area contributed by atoms with Gasteiger partial charge in [-0.15, -0.1) is 59.7 Å². The maximum absolute atomic E-state index is 13.8. The number of hydrogen-bond donors (Lipinski definition) is 0. The van der Waals surface area contributed by atoms with Crippen LogP contribution in [0.2, 0.25) is 19.6 Å². The molecule has 0 aliphatic rings. The molecule has 7 rings (SSSR count). The Kier molecular flexibility index (Phi) is 9.95. The van der Waals surface area contributed by atoms with Crippen molar-refractivity contribution in [1.29, 1.82) is 0 Å². The maximum Gasteiger partial charge on any atom is 0.123 e. The van der Waals surface area contributed by atoms with Crippen molar-refractivity contribution in [1.82, 2.24) is 9.97 Å². The zero-order valence-corrected chi connectivity index (χ0v) is 31.9. The zero-order valence-electron chi connectivity index (χ0n) is 30.7. The number of pyridine rings is 2. The van der Waals surface area contributed by atoms with Crippen LogP contribution in [0, 0.1) is 30.7 Å². The standard InChI is InChI=1S/C24H15FNS.C18H24NSi.Ir/c1-15-14-26-22(13-20(15)16-6-3-2-4-7-16)19-9-5-8-18-21-12-17(25)10-11-23(21)27-24(18)19;1-14(2)11-16-12-17(15-9-7-6-8-10-15)19-13-18(16)20(3,4)5;/h2-8,10-14H,1H3;6-9,12-14H,11H2,1-5H3;/q2*-1;/i1D3;;. The van der Waals surface area contributed by atoms with E-state index in [2.05, 4.69) is 73.9 Å². The minimum absolute atomic E-state index is 0. The fourth-order valence-electron chi connectivity index (χ4n) is 5.83. The van der Waals surface area contributed by atoms with Crippen molar-refractivity contribution < 1.29 is 28.6 Å². The van der Waals surface area contributed by atoms with Crippen molar-refractivity contribution in [2.24, 2.45) is 5.92 Å². The van der Waals surface area contributed by atoms with Gasteiger partial charge in [-0.05, 0) is 80.7 Å². The summed E-state index contributed by atoms with van der Waals surface area (Å²) in [4.78, 5) is 9.17. The first-order valence-electron chi connectivity index (χ1n) is 17.3. The topological polar surface area (TPSA) is 25.8 Å². The van der Waals surface area contributed by atoms with Gasteiger partial charge in [0.15, 0.2) is 0 Å². The number of aromatic nitrogens is 2. The molecule has 0 atom stereocenters. The number of rotatable bonds is 6. The van der Waals surface area contributed by atoms with E-state index in [9.17, 15) is 4.39 Å². The Bertz CT molecular complexity index is 2270. The number of thiophene rings is 1. The maximum atomic E-state index is 13.8. The van der Waals surface area contributed by atoms with Gasteiger partial charge < -0.3 is 9.97 Å². The van der Waals surface area contributed by atoms with Crippen LogP contribution in [-0.4, -0.2) is 18.0 Å². The van der Waals surface area contributed by atoms with Gasteiger partial charge >= 0.3 is 0 Å². The van der Waals surface area contributed by atoms with Crippen LogP contribution in [0.4, 0.5) is 4.39 Å². The number of hydrogen-bond acceptors (Lipinski definition) is 3. The average Bonchev–Trinajstić information content (AvgIpc) is 3.46. The molecule has 6 heteroatoms. The average molecular weight is 846 g/mol.